The maximum Gasteiger partial charge on any atom is 0.310 e. The third-order valence-corrected chi connectivity index (χ3v) is 6.97. The highest BCUT2D eigenvalue weighted by Crippen LogP contribution is 2.31. The van der Waals surface area contributed by atoms with E-state index in [2.05, 4.69) is 4.90 Å². The number of nitrogens with zero attached hydrogens (tertiary/aromatic N) is 3. The largest absolute Gasteiger partial charge is 0.484 e. The zero-order valence-corrected chi connectivity index (χ0v) is 20.9. The number of β-amino-alcohol motifs (C(OH)–C–C–N with tert-alkyl or cyclic N) is 1. The number of ether oxygens (including phenoxy) is 1. The third-order valence-electron chi connectivity index (χ3n) is 6.97. The van der Waals surface area contributed by atoms with Gasteiger partial charge in [0, 0.05) is 35.7 Å². The number of nitro benzene ring substituents is 1. The van der Waals surface area contributed by atoms with E-state index >= 15 is 0 Å². The fourth-order valence-electron chi connectivity index (χ4n) is 5.12. The van der Waals surface area contributed by atoms with Gasteiger partial charge >= 0.3 is 5.69 Å². The number of imide groups is 1. The second-order valence-electron chi connectivity index (χ2n) is 9.36. The predicted molar refractivity (Wildman–Crippen MR) is 140 cm³/mol. The van der Waals surface area contributed by atoms with Crippen molar-refractivity contribution < 1.29 is 24.4 Å². The molecule has 5 rings (SSSR count). The molecule has 1 atom stereocenters. The SMILES string of the molecule is Cl.O=C1c2cccc3cccc(c23)C(=O)N1CC1CCN(CC(O)COc2ccccc2[N+](=O)[O-])CC1. The molecule has 0 spiro atoms. The molecule has 0 bridgehead atoms. The zero-order valence-electron chi connectivity index (χ0n) is 20.1. The van der Waals surface area contributed by atoms with Gasteiger partial charge < -0.3 is 14.7 Å². The maximum absolute atomic E-state index is 13.2. The Hall–Kier alpha value is -3.53. The Kier molecular flexibility index (Phi) is 8.06. The molecule has 1 unspecified atom stereocenters. The van der Waals surface area contributed by atoms with E-state index in [-0.39, 0.29) is 48.2 Å². The Balaban J connectivity index is 0.00000320. The number of likely N-dealkylation sites (tertiary alicyclic amines) is 1. The second kappa shape index (κ2) is 11.2. The number of hydrogen-bond acceptors (Lipinski definition) is 7. The van der Waals surface area contributed by atoms with E-state index in [9.17, 15) is 24.8 Å². The molecule has 3 aromatic carbocycles. The molecule has 2 amide bonds. The number of rotatable bonds is 8. The Bertz CT molecular complexity index is 1270. The van der Waals surface area contributed by atoms with Crippen molar-refractivity contribution >= 4 is 40.7 Å². The Labute approximate surface area is 220 Å². The molecule has 3 aromatic rings. The first-order chi connectivity index (χ1) is 17.4. The highest BCUT2D eigenvalue weighted by atomic mass is 35.5. The Morgan fingerprint density at radius 3 is 2.22 bits per heavy atom. The summed E-state index contributed by atoms with van der Waals surface area (Å²) in [5.74, 6) is -0.170. The number of nitro groups is 1. The number of amides is 2. The highest BCUT2D eigenvalue weighted by molar-refractivity contribution is 6.25. The summed E-state index contributed by atoms with van der Waals surface area (Å²) < 4.78 is 5.50. The molecular formula is C27H28ClN3O6. The number of halogens is 1. The molecule has 0 aliphatic carbocycles. The summed E-state index contributed by atoms with van der Waals surface area (Å²) in [5, 5.41) is 23.2. The lowest BCUT2D eigenvalue weighted by atomic mass is 9.91. The Morgan fingerprint density at radius 1 is 0.973 bits per heavy atom. The van der Waals surface area contributed by atoms with E-state index < -0.39 is 11.0 Å². The molecule has 0 saturated carbocycles. The lowest BCUT2D eigenvalue weighted by Gasteiger charge is -2.36. The van der Waals surface area contributed by atoms with E-state index in [0.29, 0.717) is 24.2 Å². The number of hydrogen-bond donors (Lipinski definition) is 1. The van der Waals surface area contributed by atoms with Crippen LogP contribution in [0, 0.1) is 16.0 Å². The van der Waals surface area contributed by atoms with Gasteiger partial charge in [-0.2, -0.15) is 0 Å². The van der Waals surface area contributed by atoms with Gasteiger partial charge in [0.15, 0.2) is 5.75 Å². The molecule has 194 valence electrons. The fraction of sp³-hybridized carbons (Fsp3) is 0.333. The van der Waals surface area contributed by atoms with Gasteiger partial charge in [-0.25, -0.2) is 0 Å². The standard InChI is InChI=1S/C27H27N3O6.ClH/c31-20(17-36-24-10-2-1-9-23(24)30(34)35)16-28-13-11-18(12-14-28)15-29-26(32)21-7-3-5-19-6-4-8-22(25(19)21)27(29)33;/h1-10,18,20,31H,11-17H2;1H. The molecule has 2 heterocycles. The van der Waals surface area contributed by atoms with Crippen LogP contribution < -0.4 is 4.74 Å². The van der Waals surface area contributed by atoms with Crippen LogP contribution in [-0.4, -0.2) is 70.5 Å². The molecule has 2 aliphatic heterocycles. The molecule has 1 saturated heterocycles. The van der Waals surface area contributed by atoms with Gasteiger partial charge in [-0.15, -0.1) is 12.4 Å². The van der Waals surface area contributed by atoms with Gasteiger partial charge in [0.1, 0.15) is 12.7 Å². The van der Waals surface area contributed by atoms with Gasteiger partial charge in [0.05, 0.1) is 4.92 Å². The minimum Gasteiger partial charge on any atom is -0.484 e. The van der Waals surface area contributed by atoms with Gasteiger partial charge in [0.25, 0.3) is 11.8 Å². The fourth-order valence-corrected chi connectivity index (χ4v) is 5.12. The normalized spacial score (nSPS) is 16.9. The molecule has 37 heavy (non-hydrogen) atoms. The van der Waals surface area contributed by atoms with Crippen LogP contribution in [0.25, 0.3) is 10.8 Å². The molecule has 2 aliphatic rings. The maximum atomic E-state index is 13.2. The number of benzene rings is 3. The first-order valence-corrected chi connectivity index (χ1v) is 12.1. The quantitative estimate of drug-likeness (QED) is 0.269. The molecule has 0 radical (unpaired) electrons. The van der Waals surface area contributed by atoms with Gasteiger partial charge in [-0.05, 0) is 55.4 Å². The first-order valence-electron chi connectivity index (χ1n) is 12.1. The van der Waals surface area contributed by atoms with E-state index in [0.717, 1.165) is 36.7 Å². The van der Waals surface area contributed by atoms with Crippen LogP contribution in [0.15, 0.2) is 60.7 Å². The van der Waals surface area contributed by atoms with Gasteiger partial charge in [-0.1, -0.05) is 36.4 Å². The average molecular weight is 526 g/mol. The van der Waals surface area contributed by atoms with Crippen LogP contribution in [-0.2, 0) is 0 Å². The number of carbonyl (C=O) groups is 2. The van der Waals surface area contributed by atoms with E-state index in [1.807, 2.05) is 24.3 Å². The molecule has 1 N–H and O–H groups in total. The monoisotopic (exact) mass is 525 g/mol. The summed E-state index contributed by atoms with van der Waals surface area (Å²) in [6, 6.07) is 17.2. The van der Waals surface area contributed by atoms with Crippen molar-refractivity contribution in [1.29, 1.82) is 0 Å². The zero-order chi connectivity index (χ0) is 25.2. The van der Waals surface area contributed by atoms with Crippen molar-refractivity contribution in [2.24, 2.45) is 5.92 Å². The molecule has 1 fully saturated rings. The van der Waals surface area contributed by atoms with E-state index in [1.165, 1.54) is 17.0 Å². The lowest BCUT2D eigenvalue weighted by Crippen LogP contribution is -2.46. The summed E-state index contributed by atoms with van der Waals surface area (Å²) in [6.45, 7) is 2.14. The van der Waals surface area contributed by atoms with Crippen LogP contribution in [0.5, 0.6) is 5.75 Å². The van der Waals surface area contributed by atoms with Crippen molar-refractivity contribution in [2.45, 2.75) is 18.9 Å². The van der Waals surface area contributed by atoms with E-state index in [4.69, 9.17) is 4.74 Å². The minimum absolute atomic E-state index is 0. The molecular weight excluding hydrogens is 498 g/mol. The van der Waals surface area contributed by atoms with Crippen molar-refractivity contribution in [3.8, 4) is 5.75 Å². The smallest absolute Gasteiger partial charge is 0.310 e. The van der Waals surface area contributed by atoms with Crippen molar-refractivity contribution in [2.75, 3.05) is 32.8 Å². The lowest BCUT2D eigenvalue weighted by molar-refractivity contribution is -0.385. The van der Waals surface area contributed by atoms with E-state index in [1.54, 1.807) is 24.3 Å². The van der Waals surface area contributed by atoms with Gasteiger partial charge in [0.2, 0.25) is 0 Å². The van der Waals surface area contributed by atoms with Crippen LogP contribution in [0.1, 0.15) is 33.6 Å². The first kappa shape index (κ1) is 26.5. The highest BCUT2D eigenvalue weighted by Gasteiger charge is 2.35. The number of aliphatic hydroxyl groups excluding tert-OH is 1. The number of carbonyl (C=O) groups excluding carboxylic acids is 2. The van der Waals surface area contributed by atoms with Crippen LogP contribution in [0.2, 0.25) is 0 Å². The predicted octanol–water partition coefficient (Wildman–Crippen LogP) is 3.92. The summed E-state index contributed by atoms with van der Waals surface area (Å²) in [4.78, 5) is 40.4. The van der Waals surface area contributed by atoms with Crippen LogP contribution >= 0.6 is 12.4 Å². The van der Waals surface area contributed by atoms with Crippen molar-refractivity contribution in [3.63, 3.8) is 0 Å². The average Bonchev–Trinajstić information content (AvgIpc) is 2.89. The number of para-hydroxylation sites is 2. The summed E-state index contributed by atoms with van der Waals surface area (Å²) >= 11 is 0. The summed E-state index contributed by atoms with van der Waals surface area (Å²) in [7, 11) is 0. The second-order valence-corrected chi connectivity index (χ2v) is 9.36. The van der Waals surface area contributed by atoms with Crippen molar-refractivity contribution in [1.82, 2.24) is 9.80 Å². The molecule has 9 nitrogen and oxygen atoms in total. The van der Waals surface area contributed by atoms with Crippen LogP contribution in [0.3, 0.4) is 0 Å². The van der Waals surface area contributed by atoms with Crippen LogP contribution in [0.4, 0.5) is 5.69 Å². The Morgan fingerprint density at radius 2 is 1.59 bits per heavy atom. The van der Waals surface area contributed by atoms with Crippen molar-refractivity contribution in [3.05, 3.63) is 81.9 Å². The summed E-state index contributed by atoms with van der Waals surface area (Å²) in [6.07, 6.45) is 0.782. The topological polar surface area (TPSA) is 113 Å². The van der Waals surface area contributed by atoms with Gasteiger partial charge in [-0.3, -0.25) is 24.6 Å². The number of aliphatic hydroxyl groups is 1. The minimum atomic E-state index is -0.802. The summed E-state index contributed by atoms with van der Waals surface area (Å²) in [5.41, 5.74) is 1.01. The molecule has 10 heteroatoms. The third kappa shape index (κ3) is 5.44. The molecule has 0 aromatic heterocycles. The number of piperidine rings is 1.